The molecule has 1 saturated heterocycles. The lowest BCUT2D eigenvalue weighted by molar-refractivity contribution is -0.123. The van der Waals surface area contributed by atoms with Gasteiger partial charge in [0.25, 0.3) is 0 Å². The van der Waals surface area contributed by atoms with E-state index in [2.05, 4.69) is 17.6 Å². The molecule has 5 nitrogen and oxygen atoms in total. The van der Waals surface area contributed by atoms with Crippen LogP contribution in [0.25, 0.3) is 0 Å². The Hall–Kier alpha value is -0.650. The van der Waals surface area contributed by atoms with Crippen molar-refractivity contribution >= 4 is 5.91 Å². The van der Waals surface area contributed by atoms with Crippen LogP contribution in [0.1, 0.15) is 26.7 Å². The van der Waals surface area contributed by atoms with Gasteiger partial charge in [0.15, 0.2) is 0 Å². The van der Waals surface area contributed by atoms with Gasteiger partial charge < -0.3 is 20.1 Å². The normalized spacial score (nSPS) is 26.5. The predicted molar refractivity (Wildman–Crippen MR) is 65.9 cm³/mol. The summed E-state index contributed by atoms with van der Waals surface area (Å²) in [7, 11) is 1.62. The third-order valence-corrected chi connectivity index (χ3v) is 2.97. The summed E-state index contributed by atoms with van der Waals surface area (Å²) in [4.78, 5) is 11.7. The zero-order valence-corrected chi connectivity index (χ0v) is 11.0. The molecule has 3 unspecified atom stereocenters. The Balaban J connectivity index is 2.22. The standard InChI is InChI=1S/C12H24N2O3/c1-9-8-11(4-6-17-9)14-10(2)12(15)13-5-7-16-3/h9-11,14H,4-8H2,1-3H3,(H,13,15). The summed E-state index contributed by atoms with van der Waals surface area (Å²) in [5.74, 6) is 0.0289. The highest BCUT2D eigenvalue weighted by molar-refractivity contribution is 5.81. The van der Waals surface area contributed by atoms with Gasteiger partial charge in [-0.3, -0.25) is 4.79 Å². The van der Waals surface area contributed by atoms with Gasteiger partial charge >= 0.3 is 0 Å². The summed E-state index contributed by atoms with van der Waals surface area (Å²) in [6.07, 6.45) is 2.22. The van der Waals surface area contributed by atoms with Crippen molar-refractivity contribution in [3.05, 3.63) is 0 Å². The summed E-state index contributed by atoms with van der Waals surface area (Å²) in [5, 5.41) is 6.17. The Morgan fingerprint density at radius 3 is 3.00 bits per heavy atom. The number of methoxy groups -OCH3 is 1. The molecule has 1 heterocycles. The van der Waals surface area contributed by atoms with Gasteiger partial charge in [-0.15, -0.1) is 0 Å². The molecule has 0 spiro atoms. The van der Waals surface area contributed by atoms with Crippen molar-refractivity contribution in [2.45, 2.75) is 44.9 Å². The molecule has 2 N–H and O–H groups in total. The second kappa shape index (κ2) is 7.63. The van der Waals surface area contributed by atoms with E-state index in [-0.39, 0.29) is 18.1 Å². The molecule has 0 radical (unpaired) electrons. The lowest BCUT2D eigenvalue weighted by Crippen LogP contribution is -2.49. The third-order valence-electron chi connectivity index (χ3n) is 2.97. The average Bonchev–Trinajstić information content (AvgIpc) is 2.29. The Labute approximate surface area is 103 Å². The van der Waals surface area contributed by atoms with Gasteiger partial charge in [0, 0.05) is 26.3 Å². The Morgan fingerprint density at radius 2 is 2.35 bits per heavy atom. The van der Waals surface area contributed by atoms with Crippen molar-refractivity contribution in [1.29, 1.82) is 0 Å². The predicted octanol–water partition coefficient (Wildman–Crippen LogP) is 0.295. The zero-order valence-electron chi connectivity index (χ0n) is 11.0. The fraction of sp³-hybridized carbons (Fsp3) is 0.917. The van der Waals surface area contributed by atoms with Crippen molar-refractivity contribution in [3.8, 4) is 0 Å². The number of carbonyl (C=O) groups excluding carboxylic acids is 1. The molecule has 100 valence electrons. The lowest BCUT2D eigenvalue weighted by Gasteiger charge is -2.30. The van der Waals surface area contributed by atoms with E-state index < -0.39 is 0 Å². The highest BCUT2D eigenvalue weighted by Gasteiger charge is 2.22. The molecule has 0 saturated carbocycles. The van der Waals surface area contributed by atoms with Crippen LogP contribution in [-0.4, -0.2) is 51.0 Å². The van der Waals surface area contributed by atoms with Crippen molar-refractivity contribution in [1.82, 2.24) is 10.6 Å². The number of hydrogen-bond donors (Lipinski definition) is 2. The maximum atomic E-state index is 11.7. The molecule has 1 fully saturated rings. The zero-order chi connectivity index (χ0) is 12.7. The second-order valence-corrected chi connectivity index (χ2v) is 4.57. The smallest absolute Gasteiger partial charge is 0.236 e. The maximum absolute atomic E-state index is 11.7. The van der Waals surface area contributed by atoms with Gasteiger partial charge in [-0.25, -0.2) is 0 Å². The van der Waals surface area contributed by atoms with E-state index in [0.717, 1.165) is 19.4 Å². The van der Waals surface area contributed by atoms with Gasteiger partial charge in [-0.05, 0) is 26.7 Å². The van der Waals surface area contributed by atoms with Crippen LogP contribution in [0.2, 0.25) is 0 Å². The first-order valence-corrected chi connectivity index (χ1v) is 6.27. The number of nitrogens with one attached hydrogen (secondary N) is 2. The van der Waals surface area contributed by atoms with Crippen LogP contribution in [0, 0.1) is 0 Å². The van der Waals surface area contributed by atoms with Crippen LogP contribution in [0.5, 0.6) is 0 Å². The van der Waals surface area contributed by atoms with Gasteiger partial charge in [-0.1, -0.05) is 0 Å². The fourth-order valence-corrected chi connectivity index (χ4v) is 2.01. The van der Waals surface area contributed by atoms with E-state index in [1.165, 1.54) is 0 Å². The average molecular weight is 244 g/mol. The Bertz CT molecular complexity index is 236. The monoisotopic (exact) mass is 244 g/mol. The first-order valence-electron chi connectivity index (χ1n) is 6.27. The minimum Gasteiger partial charge on any atom is -0.383 e. The number of carbonyl (C=O) groups is 1. The van der Waals surface area contributed by atoms with E-state index in [9.17, 15) is 4.79 Å². The molecule has 0 aliphatic carbocycles. The molecule has 1 rings (SSSR count). The van der Waals surface area contributed by atoms with Crippen molar-refractivity contribution in [2.75, 3.05) is 26.9 Å². The maximum Gasteiger partial charge on any atom is 0.236 e. The molecule has 3 atom stereocenters. The molecular weight excluding hydrogens is 220 g/mol. The summed E-state index contributed by atoms with van der Waals surface area (Å²) >= 11 is 0. The summed E-state index contributed by atoms with van der Waals surface area (Å²) < 4.78 is 10.4. The van der Waals surface area contributed by atoms with Crippen LogP contribution in [0.3, 0.4) is 0 Å². The van der Waals surface area contributed by atoms with E-state index >= 15 is 0 Å². The van der Waals surface area contributed by atoms with E-state index in [0.29, 0.717) is 19.2 Å². The van der Waals surface area contributed by atoms with E-state index in [1.54, 1.807) is 7.11 Å². The number of hydrogen-bond acceptors (Lipinski definition) is 4. The topological polar surface area (TPSA) is 59.6 Å². The minimum atomic E-state index is -0.165. The van der Waals surface area contributed by atoms with Gasteiger partial charge in [0.1, 0.15) is 0 Å². The first-order chi connectivity index (χ1) is 8.13. The molecule has 0 bridgehead atoms. The quantitative estimate of drug-likeness (QED) is 0.660. The molecule has 5 heteroatoms. The van der Waals surface area contributed by atoms with Crippen LogP contribution in [0.15, 0.2) is 0 Å². The highest BCUT2D eigenvalue weighted by atomic mass is 16.5. The van der Waals surface area contributed by atoms with Crippen molar-refractivity contribution in [2.24, 2.45) is 0 Å². The van der Waals surface area contributed by atoms with Gasteiger partial charge in [0.05, 0.1) is 18.8 Å². The Morgan fingerprint density at radius 1 is 1.59 bits per heavy atom. The SMILES string of the molecule is COCCNC(=O)C(C)NC1CCOC(C)C1. The number of rotatable bonds is 6. The molecule has 17 heavy (non-hydrogen) atoms. The van der Waals surface area contributed by atoms with Gasteiger partial charge in [0.2, 0.25) is 5.91 Å². The van der Waals surface area contributed by atoms with Crippen LogP contribution in [0.4, 0.5) is 0 Å². The lowest BCUT2D eigenvalue weighted by atomic mass is 10.0. The third kappa shape index (κ3) is 5.48. The fourth-order valence-electron chi connectivity index (χ4n) is 2.01. The molecule has 0 aromatic carbocycles. The largest absolute Gasteiger partial charge is 0.383 e. The molecule has 1 aliphatic heterocycles. The van der Waals surface area contributed by atoms with E-state index in [4.69, 9.17) is 9.47 Å². The number of ether oxygens (including phenoxy) is 2. The Kier molecular flexibility index (Phi) is 6.47. The summed E-state index contributed by atoms with van der Waals surface area (Å²) in [6, 6.07) is 0.212. The van der Waals surface area contributed by atoms with Crippen molar-refractivity contribution in [3.63, 3.8) is 0 Å². The molecule has 1 aliphatic rings. The second-order valence-electron chi connectivity index (χ2n) is 4.57. The highest BCUT2D eigenvalue weighted by Crippen LogP contribution is 2.13. The molecular formula is C12H24N2O3. The summed E-state index contributed by atoms with van der Waals surface area (Å²) in [6.45, 7) is 5.84. The van der Waals surface area contributed by atoms with Crippen LogP contribution >= 0.6 is 0 Å². The van der Waals surface area contributed by atoms with E-state index in [1.807, 2.05) is 6.92 Å². The van der Waals surface area contributed by atoms with Crippen LogP contribution in [-0.2, 0) is 14.3 Å². The molecule has 1 amide bonds. The van der Waals surface area contributed by atoms with Crippen molar-refractivity contribution < 1.29 is 14.3 Å². The minimum absolute atomic E-state index is 0.0289. The van der Waals surface area contributed by atoms with Crippen LogP contribution < -0.4 is 10.6 Å². The number of amides is 1. The first kappa shape index (κ1) is 14.4. The van der Waals surface area contributed by atoms with Gasteiger partial charge in [-0.2, -0.15) is 0 Å². The summed E-state index contributed by atoms with van der Waals surface area (Å²) in [5.41, 5.74) is 0. The molecule has 0 aromatic rings. The molecule has 0 aromatic heterocycles.